The van der Waals surface area contributed by atoms with E-state index >= 15 is 0 Å². The number of hydrogen-bond donors (Lipinski definition) is 0. The monoisotopic (exact) mass is 330 g/mol. The molecular weight excluding hydrogens is 310 g/mol. The number of likely N-dealkylation sites (N-methyl/N-ethyl adjacent to an activating group) is 1. The molecule has 0 aromatic heterocycles. The Labute approximate surface area is 140 Å². The maximum absolute atomic E-state index is 13.7. The lowest BCUT2D eigenvalue weighted by molar-refractivity contribution is -0.133. The van der Waals surface area contributed by atoms with Gasteiger partial charge in [0, 0.05) is 19.6 Å². The van der Waals surface area contributed by atoms with E-state index in [1.807, 2.05) is 7.05 Å². The average molecular weight is 330 g/mol. The topological polar surface area (TPSA) is 23.6 Å². The van der Waals surface area contributed by atoms with Crippen LogP contribution in [0.5, 0.6) is 0 Å². The lowest BCUT2D eigenvalue weighted by atomic mass is 10.0. The molecule has 3 rings (SSSR count). The van der Waals surface area contributed by atoms with Crippen molar-refractivity contribution < 1.29 is 13.6 Å². The van der Waals surface area contributed by atoms with Crippen LogP contribution >= 0.6 is 0 Å². The van der Waals surface area contributed by atoms with E-state index < -0.39 is 0 Å². The molecule has 24 heavy (non-hydrogen) atoms. The molecule has 2 aromatic rings. The fraction of sp³-hybridized carbons (Fsp3) is 0.316. The quantitative estimate of drug-likeness (QED) is 0.864. The van der Waals surface area contributed by atoms with Crippen LogP contribution in [0.1, 0.15) is 17.2 Å². The van der Waals surface area contributed by atoms with E-state index in [0.29, 0.717) is 18.7 Å². The molecular formula is C19H20F2N2O. The third-order valence-corrected chi connectivity index (χ3v) is 4.56. The number of carbonyl (C=O) groups excluding carboxylic acids is 1. The lowest BCUT2D eigenvalue weighted by Gasteiger charge is -2.39. The molecule has 2 aromatic carbocycles. The second-order valence-electron chi connectivity index (χ2n) is 6.16. The Bertz CT molecular complexity index is 718. The van der Waals surface area contributed by atoms with Crippen molar-refractivity contribution in [3.8, 4) is 0 Å². The molecule has 1 unspecified atom stereocenters. The zero-order valence-corrected chi connectivity index (χ0v) is 13.6. The van der Waals surface area contributed by atoms with Crippen LogP contribution in [0.15, 0.2) is 48.5 Å². The number of rotatable bonds is 3. The normalized spacial score (nSPS) is 18.6. The lowest BCUT2D eigenvalue weighted by Crippen LogP contribution is -2.49. The first-order valence-corrected chi connectivity index (χ1v) is 8.01. The first-order valence-electron chi connectivity index (χ1n) is 8.01. The summed E-state index contributed by atoms with van der Waals surface area (Å²) in [5, 5.41) is 0. The van der Waals surface area contributed by atoms with E-state index in [9.17, 15) is 13.6 Å². The zero-order chi connectivity index (χ0) is 17.1. The van der Waals surface area contributed by atoms with Gasteiger partial charge in [-0.05, 0) is 36.4 Å². The van der Waals surface area contributed by atoms with Gasteiger partial charge < -0.3 is 4.90 Å². The van der Waals surface area contributed by atoms with Crippen LogP contribution in [-0.4, -0.2) is 42.4 Å². The first-order chi connectivity index (χ1) is 11.5. The molecule has 126 valence electrons. The maximum atomic E-state index is 13.7. The van der Waals surface area contributed by atoms with Crippen molar-refractivity contribution in [1.29, 1.82) is 0 Å². The van der Waals surface area contributed by atoms with Gasteiger partial charge in [0.2, 0.25) is 5.91 Å². The average Bonchev–Trinajstić information content (AvgIpc) is 2.58. The summed E-state index contributed by atoms with van der Waals surface area (Å²) in [7, 11) is 1.99. The summed E-state index contributed by atoms with van der Waals surface area (Å²) in [6.45, 7) is 1.86. The summed E-state index contributed by atoms with van der Waals surface area (Å²) in [6.07, 6.45) is 0.0620. The van der Waals surface area contributed by atoms with Crippen molar-refractivity contribution in [2.24, 2.45) is 0 Å². The Morgan fingerprint density at radius 1 is 1.08 bits per heavy atom. The van der Waals surface area contributed by atoms with Crippen LogP contribution in [0.2, 0.25) is 0 Å². The minimum Gasteiger partial charge on any atom is -0.339 e. The summed E-state index contributed by atoms with van der Waals surface area (Å²) in [6, 6.07) is 12.7. The summed E-state index contributed by atoms with van der Waals surface area (Å²) in [5.74, 6) is -0.708. The number of carbonyl (C=O) groups is 1. The molecule has 1 fully saturated rings. The van der Waals surface area contributed by atoms with Gasteiger partial charge in [-0.1, -0.05) is 30.3 Å². The highest BCUT2D eigenvalue weighted by Gasteiger charge is 2.28. The van der Waals surface area contributed by atoms with Crippen molar-refractivity contribution in [2.75, 3.05) is 26.7 Å². The second-order valence-corrected chi connectivity index (χ2v) is 6.16. The van der Waals surface area contributed by atoms with Crippen LogP contribution in [-0.2, 0) is 11.2 Å². The summed E-state index contributed by atoms with van der Waals surface area (Å²) < 4.78 is 26.9. The number of benzene rings is 2. The molecule has 0 aliphatic carbocycles. The van der Waals surface area contributed by atoms with Gasteiger partial charge in [0.25, 0.3) is 0 Å². The van der Waals surface area contributed by atoms with E-state index in [2.05, 4.69) is 4.90 Å². The number of hydrogen-bond acceptors (Lipinski definition) is 2. The van der Waals surface area contributed by atoms with E-state index in [0.717, 1.165) is 12.1 Å². The highest BCUT2D eigenvalue weighted by Crippen LogP contribution is 2.24. The first kappa shape index (κ1) is 16.6. The van der Waals surface area contributed by atoms with Crippen LogP contribution < -0.4 is 0 Å². The molecule has 0 radical (unpaired) electrons. The van der Waals surface area contributed by atoms with Crippen molar-refractivity contribution in [3.63, 3.8) is 0 Å². The maximum Gasteiger partial charge on any atom is 0.227 e. The molecule has 1 saturated heterocycles. The number of nitrogens with zero attached hydrogens (tertiary/aromatic N) is 2. The molecule has 0 spiro atoms. The summed E-state index contributed by atoms with van der Waals surface area (Å²) >= 11 is 0. The SMILES string of the molecule is CN1CCN(C(=O)Cc2ccccc2F)CC1c1ccc(F)cc1. The van der Waals surface area contributed by atoms with Crippen LogP contribution in [0.4, 0.5) is 8.78 Å². The fourth-order valence-electron chi connectivity index (χ4n) is 3.06. The molecule has 0 saturated carbocycles. The molecule has 3 nitrogen and oxygen atoms in total. The highest BCUT2D eigenvalue weighted by molar-refractivity contribution is 5.79. The molecule has 1 aliphatic rings. The summed E-state index contributed by atoms with van der Waals surface area (Å²) in [5.41, 5.74) is 1.39. The predicted molar refractivity (Wildman–Crippen MR) is 88.5 cm³/mol. The molecule has 0 bridgehead atoms. The molecule has 1 heterocycles. The Kier molecular flexibility index (Phi) is 4.90. The van der Waals surface area contributed by atoms with Gasteiger partial charge in [-0.3, -0.25) is 9.69 Å². The van der Waals surface area contributed by atoms with E-state index in [4.69, 9.17) is 0 Å². The largest absolute Gasteiger partial charge is 0.339 e. The molecule has 1 amide bonds. The van der Waals surface area contributed by atoms with E-state index in [1.165, 1.54) is 18.2 Å². The van der Waals surface area contributed by atoms with Crippen LogP contribution in [0.3, 0.4) is 0 Å². The van der Waals surface area contributed by atoms with Crippen molar-refractivity contribution in [2.45, 2.75) is 12.5 Å². The highest BCUT2D eigenvalue weighted by atomic mass is 19.1. The van der Waals surface area contributed by atoms with Gasteiger partial charge in [0.15, 0.2) is 0 Å². The molecule has 0 N–H and O–H groups in total. The Morgan fingerprint density at radius 2 is 1.79 bits per heavy atom. The van der Waals surface area contributed by atoms with E-state index in [-0.39, 0.29) is 30.0 Å². The summed E-state index contributed by atoms with van der Waals surface area (Å²) in [4.78, 5) is 16.5. The molecule has 5 heteroatoms. The van der Waals surface area contributed by atoms with Crippen molar-refractivity contribution in [1.82, 2.24) is 9.80 Å². The second kappa shape index (κ2) is 7.09. The van der Waals surface area contributed by atoms with Crippen LogP contribution in [0, 0.1) is 11.6 Å². The van der Waals surface area contributed by atoms with Crippen molar-refractivity contribution >= 4 is 5.91 Å². The minimum atomic E-state index is -0.352. The number of amides is 1. The Hall–Kier alpha value is -2.27. The van der Waals surface area contributed by atoms with Gasteiger partial charge in [-0.15, -0.1) is 0 Å². The van der Waals surface area contributed by atoms with Gasteiger partial charge >= 0.3 is 0 Å². The van der Waals surface area contributed by atoms with Crippen molar-refractivity contribution in [3.05, 3.63) is 71.3 Å². The fourth-order valence-corrected chi connectivity index (χ4v) is 3.06. The third kappa shape index (κ3) is 3.62. The van der Waals surface area contributed by atoms with Gasteiger partial charge in [0.05, 0.1) is 12.5 Å². The minimum absolute atomic E-state index is 0.0175. The number of halogens is 2. The van der Waals surface area contributed by atoms with Gasteiger partial charge in [-0.2, -0.15) is 0 Å². The van der Waals surface area contributed by atoms with E-state index in [1.54, 1.807) is 35.2 Å². The Balaban J connectivity index is 1.71. The third-order valence-electron chi connectivity index (χ3n) is 4.56. The predicted octanol–water partition coefficient (Wildman–Crippen LogP) is 3.02. The Morgan fingerprint density at radius 3 is 2.50 bits per heavy atom. The van der Waals surface area contributed by atoms with Gasteiger partial charge in [0.1, 0.15) is 11.6 Å². The number of piperazine rings is 1. The van der Waals surface area contributed by atoms with Crippen LogP contribution in [0.25, 0.3) is 0 Å². The zero-order valence-electron chi connectivity index (χ0n) is 13.6. The smallest absolute Gasteiger partial charge is 0.227 e. The molecule has 1 aliphatic heterocycles. The van der Waals surface area contributed by atoms with Gasteiger partial charge in [-0.25, -0.2) is 8.78 Å². The standard InChI is InChI=1S/C19H20F2N2O/c1-22-10-11-23(13-18(22)14-6-8-16(20)9-7-14)19(24)12-15-4-2-3-5-17(15)21/h2-9,18H,10-13H2,1H3. The molecule has 1 atom stereocenters.